The van der Waals surface area contributed by atoms with Crippen LogP contribution in [-0.4, -0.2) is 39.3 Å². The molecule has 0 N–H and O–H groups in total. The van der Waals surface area contributed by atoms with Gasteiger partial charge in [-0.3, -0.25) is 0 Å². The van der Waals surface area contributed by atoms with Crippen LogP contribution in [0.1, 0.15) is 49.8 Å². The highest BCUT2D eigenvalue weighted by Gasteiger charge is 2.32. The summed E-state index contributed by atoms with van der Waals surface area (Å²) in [5, 5.41) is 0.854. The minimum Gasteiger partial charge on any atom is -0.472 e. The van der Waals surface area contributed by atoms with Gasteiger partial charge in [-0.2, -0.15) is 0 Å². The zero-order valence-electron chi connectivity index (χ0n) is 25.4. The van der Waals surface area contributed by atoms with Gasteiger partial charge in [0.1, 0.15) is 17.5 Å². The Morgan fingerprint density at radius 3 is 2.47 bits per heavy atom. The minimum atomic E-state index is 0.0337. The fraction of sp³-hybridized carbons (Fsp3) is 0.361. The lowest BCUT2D eigenvalue weighted by Gasteiger charge is -2.37. The second-order valence-electron chi connectivity index (χ2n) is 12.3. The van der Waals surface area contributed by atoms with Crippen molar-refractivity contribution in [3.8, 4) is 17.1 Å². The summed E-state index contributed by atoms with van der Waals surface area (Å²) in [5.41, 5.74) is 5.31. The number of nitrogens with zero attached hydrogens (tertiary/aromatic N) is 5. The Hall–Kier alpha value is -3.65. The largest absolute Gasteiger partial charge is 0.472 e. The summed E-state index contributed by atoms with van der Waals surface area (Å²) >= 11 is 13.3. The van der Waals surface area contributed by atoms with Crippen LogP contribution in [0.25, 0.3) is 22.3 Å². The highest BCUT2D eigenvalue weighted by atomic mass is 35.5. The number of morpholine rings is 1. The third-order valence-electron chi connectivity index (χ3n) is 9.11. The first-order valence-electron chi connectivity index (χ1n) is 15.8. The van der Waals surface area contributed by atoms with Crippen molar-refractivity contribution in [2.45, 2.75) is 51.8 Å². The van der Waals surface area contributed by atoms with Gasteiger partial charge in [0, 0.05) is 25.4 Å². The summed E-state index contributed by atoms with van der Waals surface area (Å²) < 4.78 is 14.7. The number of anilines is 1. The van der Waals surface area contributed by atoms with Crippen molar-refractivity contribution in [3.63, 3.8) is 0 Å². The van der Waals surface area contributed by atoms with Crippen LogP contribution in [0.5, 0.6) is 5.88 Å². The number of imidazole rings is 1. The summed E-state index contributed by atoms with van der Waals surface area (Å²) in [5.74, 6) is 2.66. The van der Waals surface area contributed by atoms with Crippen LogP contribution >= 0.6 is 23.2 Å². The molecule has 232 valence electrons. The monoisotopic (exact) mass is 641 g/mol. The van der Waals surface area contributed by atoms with Gasteiger partial charge in [-0.1, -0.05) is 104 Å². The van der Waals surface area contributed by atoms with Crippen LogP contribution < -0.4 is 9.64 Å². The van der Waals surface area contributed by atoms with E-state index in [4.69, 9.17) is 42.6 Å². The van der Waals surface area contributed by atoms with E-state index in [0.29, 0.717) is 53.1 Å². The molecule has 0 unspecified atom stereocenters. The maximum absolute atomic E-state index is 6.73. The van der Waals surface area contributed by atoms with Crippen LogP contribution in [-0.2, 0) is 17.9 Å². The highest BCUT2D eigenvalue weighted by molar-refractivity contribution is 6.31. The van der Waals surface area contributed by atoms with Gasteiger partial charge in [-0.15, -0.1) is 0 Å². The lowest BCUT2D eigenvalue weighted by molar-refractivity contribution is 0.0927. The van der Waals surface area contributed by atoms with E-state index in [9.17, 15) is 0 Å². The normalized spacial score (nSPS) is 20.4. The van der Waals surface area contributed by atoms with Gasteiger partial charge in [-0.05, 0) is 41.9 Å². The predicted octanol–water partition coefficient (Wildman–Crippen LogP) is 8.78. The van der Waals surface area contributed by atoms with Crippen molar-refractivity contribution in [3.05, 3.63) is 100 Å². The quantitative estimate of drug-likeness (QED) is 0.158. The molecule has 7 nitrogen and oxygen atoms in total. The van der Waals surface area contributed by atoms with Crippen molar-refractivity contribution >= 4 is 40.2 Å². The molecule has 1 aliphatic heterocycles. The summed E-state index contributed by atoms with van der Waals surface area (Å²) in [6.07, 6.45) is 6.46. The van der Waals surface area contributed by atoms with Crippen molar-refractivity contribution in [1.29, 1.82) is 0 Å². The summed E-state index contributed by atoms with van der Waals surface area (Å²) in [6, 6.07) is 24.4. The van der Waals surface area contributed by atoms with Crippen molar-refractivity contribution < 1.29 is 9.47 Å². The number of rotatable bonds is 8. The molecular weight excluding hydrogens is 605 g/mol. The third kappa shape index (κ3) is 6.53. The van der Waals surface area contributed by atoms with Crippen molar-refractivity contribution in [1.82, 2.24) is 19.5 Å². The van der Waals surface area contributed by atoms with Crippen molar-refractivity contribution in [2.75, 3.05) is 24.7 Å². The van der Waals surface area contributed by atoms with E-state index >= 15 is 0 Å². The molecule has 0 bridgehead atoms. The van der Waals surface area contributed by atoms with Gasteiger partial charge in [0.15, 0.2) is 0 Å². The van der Waals surface area contributed by atoms with Crippen LogP contribution in [0.4, 0.5) is 5.95 Å². The number of pyridine rings is 2. The first kappa shape index (κ1) is 30.0. The van der Waals surface area contributed by atoms with Crippen LogP contribution in [0.15, 0.2) is 79.0 Å². The summed E-state index contributed by atoms with van der Waals surface area (Å²) in [7, 11) is 0. The van der Waals surface area contributed by atoms with E-state index in [-0.39, 0.29) is 6.04 Å². The van der Waals surface area contributed by atoms with E-state index in [2.05, 4.69) is 45.6 Å². The highest BCUT2D eigenvalue weighted by Crippen LogP contribution is 2.41. The molecule has 1 aliphatic carbocycles. The average Bonchev–Trinajstić information content (AvgIpc) is 3.43. The Bertz CT molecular complexity index is 1760. The Kier molecular flexibility index (Phi) is 8.92. The number of hydrogen-bond donors (Lipinski definition) is 0. The number of fused-ring (bicyclic) bond motifs is 1. The number of halogens is 2. The average molecular weight is 643 g/mol. The summed E-state index contributed by atoms with van der Waals surface area (Å²) in [6.45, 7) is 5.51. The molecule has 45 heavy (non-hydrogen) atoms. The molecule has 1 saturated carbocycles. The Morgan fingerprint density at radius 1 is 0.933 bits per heavy atom. The molecule has 7 rings (SSSR count). The van der Waals surface area contributed by atoms with Crippen molar-refractivity contribution in [2.24, 2.45) is 11.8 Å². The molecular formula is C36H37Cl2N5O2. The standard InChI is InChI=1S/C36H37Cl2N5O2/c1-24-12-14-25(15-13-24)21-43-34-30(40-36(43)42-16-17-44-23-31(42)27-10-6-3-7-11-27)19-32(38)41-33(34)29-18-28(37)20-39-35(29)45-22-26-8-4-2-5-9-26/h2-11,18-20,24-25,31H,12-17,21-23H2,1H3/t24?,25?,31-/m0/s1. The van der Waals surface area contributed by atoms with Gasteiger partial charge in [0.25, 0.3) is 0 Å². The molecule has 5 aromatic rings. The van der Waals surface area contributed by atoms with Crippen LogP contribution in [0.2, 0.25) is 10.2 Å². The SMILES string of the molecule is CC1CCC(Cn2c(N3CCOC[C@H]3c3ccccc3)nc3cc(Cl)nc(-c4cc(Cl)cnc4OCc4ccccc4)c32)CC1. The first-order chi connectivity index (χ1) is 22.0. The molecule has 1 saturated heterocycles. The molecule has 4 heterocycles. The molecule has 2 fully saturated rings. The minimum absolute atomic E-state index is 0.0337. The van der Waals surface area contributed by atoms with E-state index in [0.717, 1.165) is 41.6 Å². The maximum atomic E-state index is 6.73. The van der Waals surface area contributed by atoms with E-state index in [1.165, 1.54) is 31.2 Å². The Labute approximate surface area is 274 Å². The van der Waals surface area contributed by atoms with Gasteiger partial charge >= 0.3 is 0 Å². The van der Waals surface area contributed by atoms with Gasteiger partial charge in [0.2, 0.25) is 11.8 Å². The zero-order valence-corrected chi connectivity index (χ0v) is 26.9. The Morgan fingerprint density at radius 2 is 1.69 bits per heavy atom. The smallest absolute Gasteiger partial charge is 0.223 e. The molecule has 2 aliphatic rings. The predicted molar refractivity (Wildman–Crippen MR) is 180 cm³/mol. The van der Waals surface area contributed by atoms with Gasteiger partial charge < -0.3 is 18.9 Å². The van der Waals surface area contributed by atoms with Gasteiger partial charge in [-0.25, -0.2) is 15.0 Å². The number of aromatic nitrogens is 4. The molecule has 1 atom stereocenters. The molecule has 3 aromatic heterocycles. The lowest BCUT2D eigenvalue weighted by Crippen LogP contribution is -2.41. The molecule has 0 spiro atoms. The fourth-order valence-corrected chi connectivity index (χ4v) is 7.04. The topological polar surface area (TPSA) is 65.3 Å². The summed E-state index contributed by atoms with van der Waals surface area (Å²) in [4.78, 5) is 17.2. The molecule has 0 amide bonds. The molecule has 2 aromatic carbocycles. The number of hydrogen-bond acceptors (Lipinski definition) is 6. The first-order valence-corrected chi connectivity index (χ1v) is 16.6. The van der Waals surface area contributed by atoms with Gasteiger partial charge in [0.05, 0.1) is 40.9 Å². The molecule has 0 radical (unpaired) electrons. The van der Waals surface area contributed by atoms with E-state index < -0.39 is 0 Å². The third-order valence-corrected chi connectivity index (χ3v) is 9.51. The maximum Gasteiger partial charge on any atom is 0.223 e. The second kappa shape index (κ2) is 13.4. The Balaban J connectivity index is 1.38. The van der Waals surface area contributed by atoms with E-state index in [1.54, 1.807) is 6.20 Å². The number of ether oxygens (including phenoxy) is 2. The fourth-order valence-electron chi connectivity index (χ4n) is 6.70. The number of benzene rings is 2. The molecule has 9 heteroatoms. The zero-order chi connectivity index (χ0) is 30.8. The lowest BCUT2D eigenvalue weighted by atomic mass is 9.83. The second-order valence-corrected chi connectivity index (χ2v) is 13.1. The van der Waals surface area contributed by atoms with Crippen LogP contribution in [0, 0.1) is 11.8 Å². The van der Waals surface area contributed by atoms with E-state index in [1.807, 2.05) is 48.5 Å². The van der Waals surface area contributed by atoms with Crippen LogP contribution in [0.3, 0.4) is 0 Å².